The summed E-state index contributed by atoms with van der Waals surface area (Å²) in [5, 5.41) is 12.5. The van der Waals surface area contributed by atoms with E-state index < -0.39 is 6.04 Å². The second kappa shape index (κ2) is 11.1. The van der Waals surface area contributed by atoms with Crippen molar-refractivity contribution in [2.24, 2.45) is 10.7 Å². The number of rotatable bonds is 6. The molecule has 3 heterocycles. The molecule has 2 unspecified atom stereocenters. The van der Waals surface area contributed by atoms with Gasteiger partial charge in [0, 0.05) is 29.5 Å². The van der Waals surface area contributed by atoms with Crippen LogP contribution in [-0.2, 0) is 9.53 Å². The summed E-state index contributed by atoms with van der Waals surface area (Å²) >= 11 is 1.52. The van der Waals surface area contributed by atoms with E-state index in [0.29, 0.717) is 40.4 Å². The number of hydrogen-bond donors (Lipinski definition) is 2. The molecule has 3 N–H and O–H groups in total. The van der Waals surface area contributed by atoms with Crippen molar-refractivity contribution in [1.82, 2.24) is 15.2 Å². The van der Waals surface area contributed by atoms with E-state index in [1.54, 1.807) is 18.3 Å². The van der Waals surface area contributed by atoms with Gasteiger partial charge in [0.2, 0.25) is 5.91 Å². The summed E-state index contributed by atoms with van der Waals surface area (Å²) in [4.78, 5) is 36.1. The molecule has 2 aliphatic rings. The summed E-state index contributed by atoms with van der Waals surface area (Å²) in [6.07, 6.45) is 7.42. The first kappa shape index (κ1) is 23.7. The fourth-order valence-corrected chi connectivity index (χ4v) is 5.04. The molecule has 2 amide bonds. The number of aromatic nitrogens is 1. The third kappa shape index (κ3) is 5.38. The third-order valence-corrected chi connectivity index (χ3v) is 6.74. The molecule has 2 fully saturated rings. The van der Waals surface area contributed by atoms with Gasteiger partial charge in [-0.05, 0) is 49.7 Å². The van der Waals surface area contributed by atoms with Crippen LogP contribution in [0.2, 0.25) is 0 Å². The van der Waals surface area contributed by atoms with Crippen LogP contribution < -0.4 is 11.1 Å². The first-order chi connectivity index (χ1) is 16.6. The number of thioether (sulfide) groups is 1. The van der Waals surface area contributed by atoms with Crippen LogP contribution in [0.4, 0.5) is 0 Å². The Labute approximate surface area is 202 Å². The third-order valence-electron chi connectivity index (χ3n) is 5.73. The molecule has 2 aliphatic heterocycles. The van der Waals surface area contributed by atoms with Crippen molar-refractivity contribution in [2.45, 2.75) is 31.5 Å². The molecule has 1 aromatic carbocycles. The Kier molecular flexibility index (Phi) is 7.77. The van der Waals surface area contributed by atoms with Crippen molar-refractivity contribution >= 4 is 40.2 Å². The molecule has 0 bridgehead atoms. The van der Waals surface area contributed by atoms with Crippen molar-refractivity contribution in [3.63, 3.8) is 0 Å². The highest BCUT2D eigenvalue weighted by molar-refractivity contribution is 7.99. The Morgan fingerprint density at radius 1 is 1.38 bits per heavy atom. The van der Waals surface area contributed by atoms with Crippen LogP contribution in [0.3, 0.4) is 0 Å². The maximum absolute atomic E-state index is 13.0. The number of allylic oxidation sites excluding steroid dienone is 1. The number of ether oxygens (including phenoxy) is 1. The molecule has 2 saturated heterocycles. The number of amides is 2. The minimum Gasteiger partial charge on any atom is -0.405 e. The smallest absolute Gasteiger partial charge is 0.252 e. The lowest BCUT2D eigenvalue weighted by Gasteiger charge is -2.20. The van der Waals surface area contributed by atoms with Gasteiger partial charge >= 0.3 is 0 Å². The predicted octanol–water partition coefficient (Wildman–Crippen LogP) is 2.18. The highest BCUT2D eigenvalue weighted by Gasteiger charge is 2.29. The Bertz CT molecular complexity index is 1170. The van der Waals surface area contributed by atoms with Gasteiger partial charge < -0.3 is 20.7 Å². The van der Waals surface area contributed by atoms with Gasteiger partial charge in [-0.2, -0.15) is 5.26 Å². The van der Waals surface area contributed by atoms with Gasteiger partial charge in [0.15, 0.2) is 0 Å². The molecule has 0 radical (unpaired) electrons. The van der Waals surface area contributed by atoms with Crippen LogP contribution >= 0.6 is 11.8 Å². The van der Waals surface area contributed by atoms with Crippen molar-refractivity contribution in [3.05, 3.63) is 53.9 Å². The zero-order valence-corrected chi connectivity index (χ0v) is 19.5. The highest BCUT2D eigenvalue weighted by Crippen LogP contribution is 2.22. The average Bonchev–Trinajstić information content (AvgIpc) is 3.36. The summed E-state index contributed by atoms with van der Waals surface area (Å²) < 4.78 is 5.74. The van der Waals surface area contributed by atoms with Crippen molar-refractivity contribution in [2.75, 3.05) is 24.8 Å². The zero-order chi connectivity index (χ0) is 23.9. The largest absolute Gasteiger partial charge is 0.405 e. The number of nitrogens with two attached hydrogens (primary N) is 1. The van der Waals surface area contributed by atoms with Gasteiger partial charge in [0.25, 0.3) is 5.91 Å². The van der Waals surface area contributed by atoms with Gasteiger partial charge in [-0.1, -0.05) is 6.07 Å². The van der Waals surface area contributed by atoms with Gasteiger partial charge in [-0.3, -0.25) is 19.6 Å². The Morgan fingerprint density at radius 3 is 3.03 bits per heavy atom. The first-order valence-electron chi connectivity index (χ1n) is 11.1. The van der Waals surface area contributed by atoms with E-state index >= 15 is 0 Å². The fraction of sp³-hybridized carbons (Fsp3) is 0.375. The molecular formula is C24H26N6O3S. The molecule has 0 spiro atoms. The Hall–Kier alpha value is -3.42. The molecule has 2 atom stereocenters. The lowest BCUT2D eigenvalue weighted by atomic mass is 10.0. The molecule has 1 aromatic heterocycles. The van der Waals surface area contributed by atoms with Gasteiger partial charge in [0.1, 0.15) is 12.3 Å². The number of fused-ring (bicyclic) bond motifs is 1. The quantitative estimate of drug-likeness (QED) is 0.608. The summed E-state index contributed by atoms with van der Waals surface area (Å²) in [5.74, 6) is 0.373. The number of nitriles is 1. The molecule has 4 rings (SSSR count). The van der Waals surface area contributed by atoms with Crippen LogP contribution in [0.1, 0.15) is 35.2 Å². The number of nitrogens with zero attached hydrogens (tertiary/aromatic N) is 4. The summed E-state index contributed by atoms with van der Waals surface area (Å²) in [6, 6.07) is 8.85. The van der Waals surface area contributed by atoms with Crippen molar-refractivity contribution in [1.29, 1.82) is 5.26 Å². The Balaban J connectivity index is 1.56. The standard InChI is InChI=1S/C24H26N6O3S/c25-8-6-20(29-22-3-1-2-10-33-22)16-4-5-21-19(11-16)18(7-9-27-21)24(32)28-13-23(31)30-15-34-14-17(30)12-26/h4-9,11,17,22H,1-3,10,13-15,25H2,(H,28,32). The van der Waals surface area contributed by atoms with Crippen LogP contribution in [0.15, 0.2) is 47.7 Å². The van der Waals surface area contributed by atoms with Crippen LogP contribution in [0.5, 0.6) is 0 Å². The number of hydrogen-bond acceptors (Lipinski definition) is 8. The summed E-state index contributed by atoms with van der Waals surface area (Å²) in [6.45, 7) is 0.506. The normalized spacial score (nSPS) is 21.0. The minimum absolute atomic E-state index is 0.178. The lowest BCUT2D eigenvalue weighted by Crippen LogP contribution is -2.42. The number of benzene rings is 1. The topological polar surface area (TPSA) is 134 Å². The van der Waals surface area contributed by atoms with Gasteiger partial charge in [-0.25, -0.2) is 0 Å². The fourth-order valence-electron chi connectivity index (χ4n) is 3.94. The summed E-state index contributed by atoms with van der Waals surface area (Å²) in [7, 11) is 0. The van der Waals surface area contributed by atoms with Crippen molar-refractivity contribution < 1.29 is 14.3 Å². The maximum Gasteiger partial charge on any atom is 0.252 e. The molecule has 34 heavy (non-hydrogen) atoms. The number of nitrogens with one attached hydrogen (secondary N) is 1. The minimum atomic E-state index is -0.458. The SMILES string of the molecule is N#CC1CSCN1C(=O)CNC(=O)c1ccnc2ccc(C(C=CN)=NC3CCCCO3)cc12. The van der Waals surface area contributed by atoms with Crippen LogP contribution in [0.25, 0.3) is 10.9 Å². The molecular weight excluding hydrogens is 452 g/mol. The van der Waals surface area contributed by atoms with Gasteiger partial charge in [-0.15, -0.1) is 11.8 Å². The lowest BCUT2D eigenvalue weighted by molar-refractivity contribution is -0.129. The number of pyridine rings is 1. The molecule has 2 aromatic rings. The summed E-state index contributed by atoms with van der Waals surface area (Å²) in [5.41, 5.74) is 8.16. The van der Waals surface area contributed by atoms with Gasteiger partial charge in [0.05, 0.1) is 35.3 Å². The molecule has 9 nitrogen and oxygen atoms in total. The van der Waals surface area contributed by atoms with Crippen molar-refractivity contribution in [3.8, 4) is 6.07 Å². The van der Waals surface area contributed by atoms with E-state index in [0.717, 1.165) is 24.8 Å². The highest BCUT2D eigenvalue weighted by atomic mass is 32.2. The second-order valence-electron chi connectivity index (χ2n) is 7.98. The number of aliphatic imine (C=N–C) groups is 1. The Morgan fingerprint density at radius 2 is 2.26 bits per heavy atom. The van der Waals surface area contributed by atoms with Crippen LogP contribution in [0, 0.1) is 11.3 Å². The van der Waals surface area contributed by atoms with E-state index in [9.17, 15) is 14.9 Å². The van der Waals surface area contributed by atoms with E-state index in [1.165, 1.54) is 22.9 Å². The maximum atomic E-state index is 13.0. The number of carbonyl (C=O) groups is 2. The first-order valence-corrected chi connectivity index (χ1v) is 12.3. The van der Waals surface area contributed by atoms with E-state index in [1.807, 2.05) is 18.2 Å². The van der Waals surface area contributed by atoms with E-state index in [-0.39, 0.29) is 24.6 Å². The molecule has 0 aliphatic carbocycles. The monoisotopic (exact) mass is 478 g/mol. The predicted molar refractivity (Wildman–Crippen MR) is 131 cm³/mol. The molecule has 10 heteroatoms. The van der Waals surface area contributed by atoms with E-state index in [4.69, 9.17) is 15.5 Å². The second-order valence-corrected chi connectivity index (χ2v) is 8.98. The molecule has 176 valence electrons. The molecule has 0 saturated carbocycles. The zero-order valence-electron chi connectivity index (χ0n) is 18.6. The average molecular weight is 479 g/mol. The van der Waals surface area contributed by atoms with Crippen LogP contribution in [-0.4, -0.2) is 64.5 Å². The number of carbonyl (C=O) groups excluding carboxylic acids is 2. The van der Waals surface area contributed by atoms with E-state index in [2.05, 4.69) is 16.4 Å².